The lowest BCUT2D eigenvalue weighted by Crippen LogP contribution is -1.80. The maximum atomic E-state index is 6.14. The van der Waals surface area contributed by atoms with Crippen molar-refractivity contribution in [2.75, 3.05) is 0 Å². The van der Waals surface area contributed by atoms with E-state index < -0.39 is 0 Å². The Morgan fingerprint density at radius 3 is 2.55 bits per heavy atom. The number of hydrogen-bond donors (Lipinski definition) is 0. The molecule has 0 N–H and O–H groups in total. The third-order valence-electron chi connectivity index (χ3n) is 3.39. The van der Waals surface area contributed by atoms with Gasteiger partial charge >= 0.3 is 0 Å². The highest BCUT2D eigenvalue weighted by Gasteiger charge is 2.12. The van der Waals surface area contributed by atoms with E-state index in [0.717, 1.165) is 16.5 Å². The Balaban J connectivity index is 2.04. The minimum Gasteiger partial charge on any atom is -0.434 e. The number of halogens is 1. The second-order valence-electron chi connectivity index (χ2n) is 4.63. The van der Waals surface area contributed by atoms with Crippen molar-refractivity contribution in [1.82, 2.24) is 4.98 Å². The molecule has 0 saturated heterocycles. The number of nitrogens with zero attached hydrogens (tertiary/aromatic N) is 1. The number of oxazole rings is 1. The van der Waals surface area contributed by atoms with Crippen molar-refractivity contribution in [2.45, 2.75) is 0 Å². The predicted molar refractivity (Wildman–Crippen MR) is 82.0 cm³/mol. The van der Waals surface area contributed by atoms with Gasteiger partial charge in [-0.15, -0.1) is 0 Å². The Hall–Kier alpha value is -2.32. The highest BCUT2D eigenvalue weighted by Crippen LogP contribution is 2.32. The molecular weight excluding hydrogens is 270 g/mol. The van der Waals surface area contributed by atoms with Gasteiger partial charge in [0.2, 0.25) is 5.89 Å². The van der Waals surface area contributed by atoms with E-state index in [2.05, 4.69) is 23.2 Å². The van der Waals surface area contributed by atoms with Gasteiger partial charge in [0.25, 0.3) is 0 Å². The second-order valence-corrected chi connectivity index (χ2v) is 5.04. The molecule has 0 fully saturated rings. The first-order valence-corrected chi connectivity index (χ1v) is 6.74. The van der Waals surface area contributed by atoms with Crippen molar-refractivity contribution in [3.63, 3.8) is 0 Å². The fraction of sp³-hybridized carbons (Fsp3) is 0. The molecule has 0 aliphatic heterocycles. The molecule has 0 aliphatic carbocycles. The summed E-state index contributed by atoms with van der Waals surface area (Å²) < 4.78 is 5.85. The first-order chi connectivity index (χ1) is 9.83. The van der Waals surface area contributed by atoms with Crippen molar-refractivity contribution in [3.05, 3.63) is 65.7 Å². The minimum absolute atomic E-state index is 0.585. The van der Waals surface area contributed by atoms with Crippen LogP contribution in [0.25, 0.3) is 33.3 Å². The van der Waals surface area contributed by atoms with Gasteiger partial charge in [-0.3, -0.25) is 0 Å². The lowest BCUT2D eigenvalue weighted by Gasteiger charge is -2.02. The highest BCUT2D eigenvalue weighted by molar-refractivity contribution is 6.34. The molecule has 0 saturated carbocycles. The van der Waals surface area contributed by atoms with E-state index in [-0.39, 0.29) is 0 Å². The molecule has 1 heterocycles. The lowest BCUT2D eigenvalue weighted by molar-refractivity contribution is 0.621. The molecule has 3 heteroatoms. The largest absolute Gasteiger partial charge is 0.434 e. The van der Waals surface area contributed by atoms with Gasteiger partial charge in [-0.1, -0.05) is 54.1 Å². The zero-order valence-corrected chi connectivity index (χ0v) is 11.3. The first-order valence-electron chi connectivity index (χ1n) is 6.36. The van der Waals surface area contributed by atoms with E-state index in [4.69, 9.17) is 16.0 Å². The summed E-state index contributed by atoms with van der Waals surface area (Å²) in [6, 6.07) is 19.9. The van der Waals surface area contributed by atoms with Crippen molar-refractivity contribution in [1.29, 1.82) is 0 Å². The molecule has 0 spiro atoms. The first kappa shape index (κ1) is 11.5. The van der Waals surface area contributed by atoms with Gasteiger partial charge in [0.1, 0.15) is 5.52 Å². The van der Waals surface area contributed by atoms with Gasteiger partial charge in [0.15, 0.2) is 5.58 Å². The lowest BCUT2D eigenvalue weighted by atomic mass is 10.0. The number of hydrogen-bond acceptors (Lipinski definition) is 2. The average molecular weight is 280 g/mol. The quantitative estimate of drug-likeness (QED) is 0.472. The van der Waals surface area contributed by atoms with Crippen LogP contribution in [0.2, 0.25) is 5.02 Å². The van der Waals surface area contributed by atoms with E-state index in [9.17, 15) is 0 Å². The predicted octanol–water partition coefficient (Wildman–Crippen LogP) is 5.30. The van der Waals surface area contributed by atoms with Crippen LogP contribution in [-0.4, -0.2) is 4.98 Å². The zero-order valence-electron chi connectivity index (χ0n) is 10.5. The monoisotopic (exact) mass is 279 g/mol. The molecule has 2 nitrogen and oxygen atoms in total. The molecule has 0 radical (unpaired) electrons. The van der Waals surface area contributed by atoms with Crippen LogP contribution in [0.1, 0.15) is 0 Å². The van der Waals surface area contributed by atoms with Crippen LogP contribution in [0.3, 0.4) is 0 Å². The van der Waals surface area contributed by atoms with E-state index in [1.54, 1.807) is 0 Å². The van der Waals surface area contributed by atoms with E-state index >= 15 is 0 Å². The molecule has 0 atom stereocenters. The normalized spacial score (nSPS) is 11.2. The smallest absolute Gasteiger partial charge is 0.228 e. The number of rotatable bonds is 1. The fourth-order valence-electron chi connectivity index (χ4n) is 2.44. The van der Waals surface area contributed by atoms with E-state index in [0.29, 0.717) is 16.5 Å². The van der Waals surface area contributed by atoms with Gasteiger partial charge in [-0.2, -0.15) is 0 Å². The molecule has 0 unspecified atom stereocenters. The molecule has 4 aromatic rings. The van der Waals surface area contributed by atoms with Crippen LogP contribution in [0.15, 0.2) is 65.1 Å². The maximum Gasteiger partial charge on any atom is 0.228 e. The molecule has 96 valence electrons. The average Bonchev–Trinajstić information content (AvgIpc) is 2.92. The highest BCUT2D eigenvalue weighted by atomic mass is 35.5. The molecule has 0 amide bonds. The third kappa shape index (κ3) is 1.69. The van der Waals surface area contributed by atoms with Crippen LogP contribution in [-0.2, 0) is 0 Å². The number of benzene rings is 3. The van der Waals surface area contributed by atoms with Crippen LogP contribution in [0.5, 0.6) is 0 Å². The summed E-state index contributed by atoms with van der Waals surface area (Å²) in [5, 5.41) is 2.87. The molecule has 1 aromatic heterocycles. The number of aromatic nitrogens is 1. The van der Waals surface area contributed by atoms with Crippen LogP contribution < -0.4 is 0 Å². The Morgan fingerprint density at radius 1 is 0.850 bits per heavy atom. The summed E-state index contributed by atoms with van der Waals surface area (Å²) in [7, 11) is 0. The van der Waals surface area contributed by atoms with Crippen molar-refractivity contribution < 1.29 is 4.42 Å². The summed E-state index contributed by atoms with van der Waals surface area (Å²) in [6.45, 7) is 0. The van der Waals surface area contributed by atoms with Crippen molar-refractivity contribution in [3.8, 4) is 11.5 Å². The summed E-state index contributed by atoms with van der Waals surface area (Å²) in [4.78, 5) is 4.54. The maximum absolute atomic E-state index is 6.14. The van der Waals surface area contributed by atoms with Gasteiger partial charge < -0.3 is 4.42 Å². The number of fused-ring (bicyclic) bond motifs is 2. The summed E-state index contributed by atoms with van der Waals surface area (Å²) in [5.41, 5.74) is 2.40. The third-order valence-corrected chi connectivity index (χ3v) is 3.68. The Kier molecular flexibility index (Phi) is 2.51. The number of para-hydroxylation sites is 1. The second kappa shape index (κ2) is 4.36. The Bertz CT molecular complexity index is 921. The summed E-state index contributed by atoms with van der Waals surface area (Å²) in [5.74, 6) is 0.602. The van der Waals surface area contributed by atoms with Crippen LogP contribution in [0, 0.1) is 0 Å². The molecular formula is C17H10ClNO. The summed E-state index contributed by atoms with van der Waals surface area (Å²) >= 11 is 6.14. The Morgan fingerprint density at radius 2 is 1.65 bits per heavy atom. The van der Waals surface area contributed by atoms with E-state index in [1.165, 1.54) is 5.39 Å². The zero-order chi connectivity index (χ0) is 13.5. The van der Waals surface area contributed by atoms with Gasteiger partial charge in [0, 0.05) is 5.56 Å². The van der Waals surface area contributed by atoms with Gasteiger partial charge in [0.05, 0.1) is 5.02 Å². The molecule has 20 heavy (non-hydrogen) atoms. The fourth-order valence-corrected chi connectivity index (χ4v) is 2.65. The molecule has 3 aromatic carbocycles. The van der Waals surface area contributed by atoms with Crippen molar-refractivity contribution >= 4 is 33.5 Å². The standard InChI is InChI=1S/C17H10ClNO/c18-14-9-4-10-15-16(14)20-17(19-15)13-8-3-6-11-5-1-2-7-12(11)13/h1-10H. The van der Waals surface area contributed by atoms with Gasteiger partial charge in [-0.25, -0.2) is 4.98 Å². The van der Waals surface area contributed by atoms with Crippen molar-refractivity contribution in [2.24, 2.45) is 0 Å². The summed E-state index contributed by atoms with van der Waals surface area (Å²) in [6.07, 6.45) is 0. The SMILES string of the molecule is Clc1cccc2nc(-c3cccc4ccccc34)oc12. The molecule has 4 rings (SSSR count). The van der Waals surface area contributed by atoms with E-state index in [1.807, 2.05) is 42.5 Å². The van der Waals surface area contributed by atoms with Crippen LogP contribution in [0.4, 0.5) is 0 Å². The molecule has 0 aliphatic rings. The van der Waals surface area contributed by atoms with Gasteiger partial charge in [-0.05, 0) is 29.0 Å². The molecule has 0 bridgehead atoms. The van der Waals surface area contributed by atoms with Crippen LogP contribution >= 0.6 is 11.6 Å². The topological polar surface area (TPSA) is 26.0 Å². The minimum atomic E-state index is 0.585. The Labute approximate surface area is 120 Å².